The number of nitrogens with two attached hydrogens (primary N) is 1. The Labute approximate surface area is 172 Å². The minimum absolute atomic E-state index is 0. The number of ether oxygens (including phenoxy) is 1. The quantitative estimate of drug-likeness (QED) is 0.343. The van der Waals surface area contributed by atoms with Crippen molar-refractivity contribution in [3.05, 3.63) is 35.9 Å². The number of carbonyl (C=O) groups is 1. The first kappa shape index (κ1) is 22.5. The summed E-state index contributed by atoms with van der Waals surface area (Å²) in [5, 5.41) is 13.7. The van der Waals surface area contributed by atoms with Gasteiger partial charge >= 0.3 is 6.09 Å². The number of likely N-dealkylation sites (tertiary alicyclic amines) is 1. The summed E-state index contributed by atoms with van der Waals surface area (Å²) >= 11 is 0. The average molecular weight is 476 g/mol. The summed E-state index contributed by atoms with van der Waals surface area (Å²) in [6.45, 7) is 5.34. The zero-order valence-corrected chi connectivity index (χ0v) is 17.7. The number of halogens is 1. The molecule has 0 spiro atoms. The van der Waals surface area contributed by atoms with E-state index in [-0.39, 0.29) is 42.7 Å². The molecule has 0 aromatic heterocycles. The fraction of sp³-hybridized carbons (Fsp3) is 0.556. The van der Waals surface area contributed by atoms with Gasteiger partial charge in [-0.2, -0.15) is 0 Å². The van der Waals surface area contributed by atoms with E-state index in [0.717, 1.165) is 18.4 Å². The van der Waals surface area contributed by atoms with Gasteiger partial charge in [0.05, 0.1) is 13.2 Å². The second-order valence-corrected chi connectivity index (χ2v) is 6.45. The fourth-order valence-electron chi connectivity index (χ4n) is 2.80. The summed E-state index contributed by atoms with van der Waals surface area (Å²) in [7, 11) is 0. The molecule has 1 aliphatic heterocycles. The monoisotopic (exact) mass is 476 g/mol. The van der Waals surface area contributed by atoms with Crippen LogP contribution in [0, 0.1) is 0 Å². The van der Waals surface area contributed by atoms with Crippen LogP contribution in [0.25, 0.3) is 0 Å². The Morgan fingerprint density at radius 1 is 1.38 bits per heavy atom. The van der Waals surface area contributed by atoms with Gasteiger partial charge in [-0.3, -0.25) is 4.99 Å². The van der Waals surface area contributed by atoms with Gasteiger partial charge in [0.15, 0.2) is 5.96 Å². The van der Waals surface area contributed by atoms with Crippen LogP contribution >= 0.6 is 24.0 Å². The van der Waals surface area contributed by atoms with E-state index in [2.05, 4.69) is 10.3 Å². The normalized spacial score (nSPS) is 17.8. The standard InChI is InChI=1S/C18H28N4O3.HI/c1-3-25-17(23)22-11-9-15(10-12-22)21-16(19)20-13-18(2,24)14-7-5-4-6-8-14;/h4-8,15,24H,3,9-13H2,1-2H3,(H3,19,20,21);1H. The van der Waals surface area contributed by atoms with Gasteiger partial charge in [0.2, 0.25) is 0 Å². The SMILES string of the molecule is CCOC(=O)N1CCC(NC(N)=NCC(C)(O)c2ccccc2)CC1.I. The molecule has 4 N–H and O–H groups in total. The Morgan fingerprint density at radius 2 is 2.00 bits per heavy atom. The van der Waals surface area contributed by atoms with Crippen molar-refractivity contribution in [1.29, 1.82) is 0 Å². The highest BCUT2D eigenvalue weighted by Crippen LogP contribution is 2.20. The molecule has 26 heavy (non-hydrogen) atoms. The van der Waals surface area contributed by atoms with Crippen LogP contribution < -0.4 is 11.1 Å². The molecule has 1 amide bonds. The molecule has 1 saturated heterocycles. The van der Waals surface area contributed by atoms with Crippen molar-refractivity contribution < 1.29 is 14.6 Å². The third kappa shape index (κ3) is 6.64. The van der Waals surface area contributed by atoms with Crippen molar-refractivity contribution in [2.75, 3.05) is 26.2 Å². The van der Waals surface area contributed by atoms with E-state index in [4.69, 9.17) is 10.5 Å². The molecular weight excluding hydrogens is 447 g/mol. The number of guanidine groups is 1. The zero-order valence-electron chi connectivity index (χ0n) is 15.4. The molecule has 1 heterocycles. The lowest BCUT2D eigenvalue weighted by atomic mass is 9.96. The highest BCUT2D eigenvalue weighted by molar-refractivity contribution is 14.0. The molecule has 0 radical (unpaired) electrons. The largest absolute Gasteiger partial charge is 0.450 e. The molecule has 146 valence electrons. The Morgan fingerprint density at radius 3 is 2.58 bits per heavy atom. The van der Waals surface area contributed by atoms with Gasteiger partial charge in [-0.25, -0.2) is 4.79 Å². The molecule has 2 rings (SSSR count). The smallest absolute Gasteiger partial charge is 0.409 e. The van der Waals surface area contributed by atoms with Crippen LogP contribution in [0.5, 0.6) is 0 Å². The van der Waals surface area contributed by atoms with E-state index in [1.807, 2.05) is 30.3 Å². The van der Waals surface area contributed by atoms with Crippen molar-refractivity contribution in [2.45, 2.75) is 38.3 Å². The molecular formula is C18H29IN4O3. The summed E-state index contributed by atoms with van der Waals surface area (Å²) in [6, 6.07) is 9.56. The van der Waals surface area contributed by atoms with Gasteiger partial charge in [-0.1, -0.05) is 30.3 Å². The number of benzene rings is 1. The number of aliphatic hydroxyl groups is 1. The highest BCUT2D eigenvalue weighted by Gasteiger charge is 2.25. The molecule has 0 aliphatic carbocycles. The molecule has 0 saturated carbocycles. The topological polar surface area (TPSA) is 100 Å². The predicted molar refractivity (Wildman–Crippen MR) is 113 cm³/mol. The number of aliphatic imine (C=N–C) groups is 1. The van der Waals surface area contributed by atoms with Crippen molar-refractivity contribution in [1.82, 2.24) is 10.2 Å². The van der Waals surface area contributed by atoms with Crippen molar-refractivity contribution in [3.63, 3.8) is 0 Å². The number of piperidine rings is 1. The fourth-order valence-corrected chi connectivity index (χ4v) is 2.80. The summed E-state index contributed by atoms with van der Waals surface area (Å²) < 4.78 is 5.01. The molecule has 7 nitrogen and oxygen atoms in total. The average Bonchev–Trinajstić information content (AvgIpc) is 2.62. The number of amides is 1. The van der Waals surface area contributed by atoms with Gasteiger partial charge in [-0.15, -0.1) is 24.0 Å². The molecule has 0 bridgehead atoms. The molecule has 1 fully saturated rings. The van der Waals surface area contributed by atoms with E-state index in [1.165, 1.54) is 0 Å². The number of nitrogens with one attached hydrogen (secondary N) is 1. The molecule has 1 aliphatic rings. The first-order valence-electron chi connectivity index (χ1n) is 8.68. The Balaban J connectivity index is 0.00000338. The number of nitrogens with zero attached hydrogens (tertiary/aromatic N) is 2. The summed E-state index contributed by atoms with van der Waals surface area (Å²) in [5.41, 5.74) is 5.69. The van der Waals surface area contributed by atoms with Gasteiger partial charge in [0.25, 0.3) is 0 Å². The lowest BCUT2D eigenvalue weighted by Gasteiger charge is -2.32. The second-order valence-electron chi connectivity index (χ2n) is 6.45. The van der Waals surface area contributed by atoms with E-state index >= 15 is 0 Å². The van der Waals surface area contributed by atoms with Crippen LogP contribution in [-0.2, 0) is 10.3 Å². The Kier molecular flexibility index (Phi) is 9.14. The zero-order chi connectivity index (χ0) is 18.3. The van der Waals surface area contributed by atoms with Crippen molar-refractivity contribution >= 4 is 36.0 Å². The highest BCUT2D eigenvalue weighted by atomic mass is 127. The minimum atomic E-state index is -1.07. The lowest BCUT2D eigenvalue weighted by Crippen LogP contribution is -2.48. The van der Waals surface area contributed by atoms with E-state index in [9.17, 15) is 9.90 Å². The number of hydrogen-bond acceptors (Lipinski definition) is 4. The van der Waals surface area contributed by atoms with E-state index in [1.54, 1.807) is 18.7 Å². The van der Waals surface area contributed by atoms with Crippen LogP contribution in [0.1, 0.15) is 32.3 Å². The van der Waals surface area contributed by atoms with Gasteiger partial charge in [0.1, 0.15) is 5.60 Å². The minimum Gasteiger partial charge on any atom is -0.450 e. The lowest BCUT2D eigenvalue weighted by molar-refractivity contribution is 0.0672. The third-order valence-electron chi connectivity index (χ3n) is 4.33. The van der Waals surface area contributed by atoms with Crippen molar-refractivity contribution in [2.24, 2.45) is 10.7 Å². The summed E-state index contributed by atoms with van der Waals surface area (Å²) in [6.07, 6.45) is 1.30. The number of rotatable bonds is 5. The predicted octanol–water partition coefficient (Wildman–Crippen LogP) is 2.04. The van der Waals surface area contributed by atoms with Crippen LogP contribution in [0.2, 0.25) is 0 Å². The van der Waals surface area contributed by atoms with Crippen LogP contribution in [0.15, 0.2) is 35.3 Å². The van der Waals surface area contributed by atoms with Crippen LogP contribution in [0.3, 0.4) is 0 Å². The van der Waals surface area contributed by atoms with Gasteiger partial charge in [0, 0.05) is 19.1 Å². The summed E-state index contributed by atoms with van der Waals surface area (Å²) in [4.78, 5) is 17.7. The summed E-state index contributed by atoms with van der Waals surface area (Å²) in [5.74, 6) is 0.311. The van der Waals surface area contributed by atoms with Crippen LogP contribution in [0.4, 0.5) is 4.79 Å². The Bertz CT molecular complexity index is 587. The second kappa shape index (κ2) is 10.6. The molecule has 1 unspecified atom stereocenters. The van der Waals surface area contributed by atoms with Gasteiger partial charge in [-0.05, 0) is 32.3 Å². The maximum atomic E-state index is 11.7. The third-order valence-corrected chi connectivity index (χ3v) is 4.33. The van der Waals surface area contributed by atoms with Crippen LogP contribution in [-0.4, -0.2) is 54.3 Å². The van der Waals surface area contributed by atoms with E-state index < -0.39 is 5.60 Å². The molecule has 1 aromatic rings. The van der Waals surface area contributed by atoms with E-state index in [0.29, 0.717) is 25.7 Å². The molecule has 1 aromatic carbocycles. The molecule has 1 atom stereocenters. The van der Waals surface area contributed by atoms with Crippen molar-refractivity contribution in [3.8, 4) is 0 Å². The first-order valence-corrected chi connectivity index (χ1v) is 8.68. The molecule has 8 heteroatoms. The maximum absolute atomic E-state index is 11.7. The first-order chi connectivity index (χ1) is 11.9. The van der Waals surface area contributed by atoms with Gasteiger partial charge < -0.3 is 25.8 Å². The number of carbonyl (C=O) groups excluding carboxylic acids is 1. The number of hydrogen-bond donors (Lipinski definition) is 3. The maximum Gasteiger partial charge on any atom is 0.409 e. The Hall–Kier alpha value is -1.55.